The van der Waals surface area contributed by atoms with Gasteiger partial charge in [0.05, 0.1) is 6.16 Å². The van der Waals surface area contributed by atoms with Crippen LogP contribution in [0.5, 0.6) is 0 Å². The van der Waals surface area contributed by atoms with Crippen molar-refractivity contribution in [1.29, 1.82) is 0 Å². The number of aliphatic carboxylic acids is 1. The van der Waals surface area contributed by atoms with Crippen molar-refractivity contribution in [1.82, 2.24) is 0 Å². The van der Waals surface area contributed by atoms with Crippen molar-refractivity contribution < 1.29 is 24.3 Å². The molecule has 0 aliphatic rings. The molecule has 6 nitrogen and oxygen atoms in total. The molecule has 0 aliphatic heterocycles. The van der Waals surface area contributed by atoms with E-state index in [1.807, 2.05) is 0 Å². The maximum Gasteiger partial charge on any atom is 0.325 e. The number of hydrogen-bond acceptors (Lipinski definition) is 3. The van der Waals surface area contributed by atoms with Crippen LogP contribution in [0.2, 0.25) is 0 Å². The van der Waals surface area contributed by atoms with E-state index in [0.717, 1.165) is 5.56 Å². The van der Waals surface area contributed by atoms with E-state index in [2.05, 4.69) is 0 Å². The van der Waals surface area contributed by atoms with Crippen molar-refractivity contribution in [2.75, 3.05) is 6.16 Å². The van der Waals surface area contributed by atoms with Crippen LogP contribution in [-0.4, -0.2) is 27.0 Å². The average molecular weight is 296 g/mol. The van der Waals surface area contributed by atoms with Crippen molar-refractivity contribution in [3.63, 3.8) is 0 Å². The van der Waals surface area contributed by atoms with Crippen LogP contribution >= 0.6 is 20.0 Å². The molecule has 0 fully saturated rings. The zero-order chi connectivity index (χ0) is 13.1. The zero-order valence-corrected chi connectivity index (χ0v) is 11.1. The molecule has 0 spiro atoms. The lowest BCUT2D eigenvalue weighted by molar-refractivity contribution is -0.138. The van der Waals surface area contributed by atoms with E-state index >= 15 is 0 Å². The molecule has 0 bridgehead atoms. The summed E-state index contributed by atoms with van der Waals surface area (Å²) in [5.41, 5.74) is 6.59. The van der Waals surface area contributed by atoms with Crippen LogP contribution in [0.15, 0.2) is 24.3 Å². The van der Waals surface area contributed by atoms with Crippen molar-refractivity contribution >= 4 is 26.0 Å². The predicted octanol–water partition coefficient (Wildman–Crippen LogP) is 0.913. The third-order valence-electron chi connectivity index (χ3n) is 2.30. The van der Waals surface area contributed by atoms with Gasteiger partial charge in [0, 0.05) is 0 Å². The van der Waals surface area contributed by atoms with Crippen LogP contribution in [0.4, 0.5) is 0 Å². The fourth-order valence-corrected chi connectivity index (χ4v) is 1.86. The highest BCUT2D eigenvalue weighted by Gasteiger charge is 2.15. The van der Waals surface area contributed by atoms with Crippen molar-refractivity contribution in [2.24, 2.45) is 5.73 Å². The molecule has 0 amide bonds. The van der Waals surface area contributed by atoms with Gasteiger partial charge >= 0.3 is 13.6 Å². The highest BCUT2D eigenvalue weighted by molar-refractivity contribution is 7.51. The SMILES string of the molecule is Cl.NC(C(=O)O)c1ccc(CCP(=O)(O)O)cc1. The van der Waals surface area contributed by atoms with Gasteiger partial charge in [-0.15, -0.1) is 12.4 Å². The summed E-state index contributed by atoms with van der Waals surface area (Å²) in [6.45, 7) is 0. The molecule has 18 heavy (non-hydrogen) atoms. The normalized spacial score (nSPS) is 12.6. The molecule has 0 aromatic heterocycles. The lowest BCUT2D eigenvalue weighted by atomic mass is 10.0. The summed E-state index contributed by atoms with van der Waals surface area (Å²) in [4.78, 5) is 28.0. The Hall–Kier alpha value is -0.910. The fraction of sp³-hybridized carbons (Fsp3) is 0.300. The monoisotopic (exact) mass is 295 g/mol. The lowest BCUT2D eigenvalue weighted by Crippen LogP contribution is -2.20. The maximum atomic E-state index is 10.7. The average Bonchev–Trinajstić information content (AvgIpc) is 2.25. The Labute approximate surface area is 110 Å². The van der Waals surface area contributed by atoms with Crippen LogP contribution < -0.4 is 5.73 Å². The van der Waals surface area contributed by atoms with Gasteiger partial charge in [0.1, 0.15) is 6.04 Å². The van der Waals surface area contributed by atoms with Gasteiger partial charge in [0.25, 0.3) is 0 Å². The minimum absolute atomic E-state index is 0. The Bertz CT molecular complexity index is 444. The second-order valence-electron chi connectivity index (χ2n) is 3.70. The van der Waals surface area contributed by atoms with Crippen LogP contribution in [0, 0.1) is 0 Å². The number of hydrogen-bond donors (Lipinski definition) is 4. The molecule has 1 aromatic rings. The molecule has 1 rings (SSSR count). The van der Waals surface area contributed by atoms with Crippen LogP contribution in [0.25, 0.3) is 0 Å². The molecule has 8 heteroatoms. The summed E-state index contributed by atoms with van der Waals surface area (Å²) >= 11 is 0. The van der Waals surface area contributed by atoms with Crippen molar-refractivity contribution in [3.8, 4) is 0 Å². The van der Waals surface area contributed by atoms with E-state index in [9.17, 15) is 9.36 Å². The van der Waals surface area contributed by atoms with E-state index in [1.54, 1.807) is 24.3 Å². The lowest BCUT2D eigenvalue weighted by Gasteiger charge is -2.08. The van der Waals surface area contributed by atoms with E-state index in [4.69, 9.17) is 20.6 Å². The minimum Gasteiger partial charge on any atom is -0.480 e. The molecule has 5 N–H and O–H groups in total. The fourth-order valence-electron chi connectivity index (χ4n) is 1.31. The van der Waals surface area contributed by atoms with Gasteiger partial charge in [0.15, 0.2) is 0 Å². The first-order valence-corrected chi connectivity index (χ1v) is 6.71. The summed E-state index contributed by atoms with van der Waals surface area (Å²) in [5.74, 6) is -1.12. The number of benzene rings is 1. The van der Waals surface area contributed by atoms with Gasteiger partial charge in [-0.2, -0.15) is 0 Å². The first-order valence-electron chi connectivity index (χ1n) is 4.91. The Morgan fingerprint density at radius 3 is 2.17 bits per heavy atom. The second kappa shape index (κ2) is 6.87. The predicted molar refractivity (Wildman–Crippen MR) is 68.9 cm³/mol. The third-order valence-corrected chi connectivity index (χ3v) is 3.10. The molecule has 1 atom stereocenters. The van der Waals surface area contributed by atoms with Gasteiger partial charge in [-0.1, -0.05) is 24.3 Å². The van der Waals surface area contributed by atoms with Crippen LogP contribution in [-0.2, 0) is 15.8 Å². The smallest absolute Gasteiger partial charge is 0.325 e. The molecule has 0 saturated carbocycles. The van der Waals surface area contributed by atoms with Crippen LogP contribution in [0.3, 0.4) is 0 Å². The molecule has 1 unspecified atom stereocenters. The summed E-state index contributed by atoms with van der Waals surface area (Å²) in [5, 5.41) is 8.69. The molecule has 0 heterocycles. The van der Waals surface area contributed by atoms with Gasteiger partial charge < -0.3 is 20.6 Å². The summed E-state index contributed by atoms with van der Waals surface area (Å²) in [6, 6.07) is 5.26. The number of halogens is 1. The summed E-state index contributed by atoms with van der Waals surface area (Å²) < 4.78 is 10.7. The molecule has 0 radical (unpaired) electrons. The Kier molecular flexibility index (Phi) is 6.52. The number of carboxylic acid groups (broad SMARTS) is 1. The number of carbonyl (C=O) groups is 1. The van der Waals surface area contributed by atoms with E-state index < -0.39 is 19.6 Å². The molecule has 0 saturated heterocycles. The van der Waals surface area contributed by atoms with Gasteiger partial charge in [-0.3, -0.25) is 9.36 Å². The van der Waals surface area contributed by atoms with Crippen molar-refractivity contribution in [2.45, 2.75) is 12.5 Å². The van der Waals surface area contributed by atoms with Gasteiger partial charge in [-0.25, -0.2) is 0 Å². The van der Waals surface area contributed by atoms with E-state index in [0.29, 0.717) is 5.56 Å². The molecular formula is C10H15ClNO5P. The number of carboxylic acids is 1. The Morgan fingerprint density at radius 1 is 1.28 bits per heavy atom. The second-order valence-corrected chi connectivity index (χ2v) is 5.47. The number of aryl methyl sites for hydroxylation is 1. The standard InChI is InChI=1S/C10H14NO5P.ClH/c11-9(10(12)13)8-3-1-7(2-4-8)5-6-17(14,15)16;/h1-4,9H,5-6,11H2,(H,12,13)(H2,14,15,16);1H. The zero-order valence-electron chi connectivity index (χ0n) is 9.39. The third kappa shape index (κ3) is 5.62. The van der Waals surface area contributed by atoms with Crippen molar-refractivity contribution in [3.05, 3.63) is 35.4 Å². The summed E-state index contributed by atoms with van der Waals surface area (Å²) in [6.07, 6.45) is 0.0181. The quantitative estimate of drug-likeness (QED) is 0.599. The molecular weight excluding hydrogens is 281 g/mol. The van der Waals surface area contributed by atoms with E-state index in [1.165, 1.54) is 0 Å². The van der Waals surface area contributed by atoms with Gasteiger partial charge in [-0.05, 0) is 17.5 Å². The van der Waals surface area contributed by atoms with Crippen LogP contribution in [0.1, 0.15) is 17.2 Å². The number of nitrogens with two attached hydrogens (primary N) is 1. The maximum absolute atomic E-state index is 10.7. The Balaban J connectivity index is 0.00000289. The Morgan fingerprint density at radius 2 is 1.78 bits per heavy atom. The summed E-state index contributed by atoms with van der Waals surface area (Å²) in [7, 11) is -4.00. The molecule has 0 aliphatic carbocycles. The highest BCUT2D eigenvalue weighted by Crippen LogP contribution is 2.34. The van der Waals surface area contributed by atoms with Gasteiger partial charge in [0.2, 0.25) is 0 Å². The molecule has 102 valence electrons. The molecule has 1 aromatic carbocycles. The first-order chi connectivity index (χ1) is 7.79. The topological polar surface area (TPSA) is 121 Å². The number of rotatable bonds is 5. The minimum atomic E-state index is -4.00. The largest absolute Gasteiger partial charge is 0.480 e. The van der Waals surface area contributed by atoms with E-state index in [-0.39, 0.29) is 25.0 Å². The highest BCUT2D eigenvalue weighted by atomic mass is 35.5. The first kappa shape index (κ1) is 17.1.